The molecule has 1 aromatic carbocycles. The summed E-state index contributed by atoms with van der Waals surface area (Å²) in [5, 5.41) is 2.62. The molecule has 0 radical (unpaired) electrons. The number of carbonyl (C=O) groups excluding carboxylic acids is 3. The van der Waals surface area contributed by atoms with Gasteiger partial charge in [0.2, 0.25) is 5.91 Å². The van der Waals surface area contributed by atoms with Crippen LogP contribution in [0.3, 0.4) is 0 Å². The van der Waals surface area contributed by atoms with E-state index in [1.165, 1.54) is 6.42 Å². The highest BCUT2D eigenvalue weighted by Gasteiger charge is 2.21. The molecule has 7 nitrogen and oxygen atoms in total. The van der Waals surface area contributed by atoms with Crippen LogP contribution in [0.2, 0.25) is 0 Å². The minimum absolute atomic E-state index is 0.00230. The fourth-order valence-electron chi connectivity index (χ4n) is 2.73. The third-order valence-electron chi connectivity index (χ3n) is 4.13. The molecule has 1 aliphatic carbocycles. The van der Waals surface area contributed by atoms with Crippen LogP contribution < -0.4 is 20.9 Å². The third-order valence-corrected chi connectivity index (χ3v) is 4.97. The summed E-state index contributed by atoms with van der Waals surface area (Å²) < 4.78 is 5.92. The van der Waals surface area contributed by atoms with E-state index >= 15 is 0 Å². The molecule has 8 heteroatoms. The number of nitrogens with one attached hydrogen (secondary N) is 3. The molecular weight excluding hydrogens is 437 g/mol. The summed E-state index contributed by atoms with van der Waals surface area (Å²) in [6.07, 6.45) is 5.03. The lowest BCUT2D eigenvalue weighted by Crippen LogP contribution is -2.47. The minimum atomic E-state index is -0.472. The van der Waals surface area contributed by atoms with Crippen LogP contribution >= 0.6 is 22.6 Å². The second kappa shape index (κ2) is 9.59. The quantitative estimate of drug-likeness (QED) is 0.462. The van der Waals surface area contributed by atoms with Crippen molar-refractivity contribution in [2.24, 2.45) is 5.92 Å². The van der Waals surface area contributed by atoms with E-state index < -0.39 is 11.8 Å². The number of hydrogen-bond donors (Lipinski definition) is 3. The summed E-state index contributed by atoms with van der Waals surface area (Å²) in [6, 6.07) is 4.95. The van der Waals surface area contributed by atoms with Crippen LogP contribution in [0, 0.1) is 9.49 Å². The second-order valence-corrected chi connectivity index (χ2v) is 7.07. The molecule has 1 aliphatic rings. The first kappa shape index (κ1) is 19.5. The van der Waals surface area contributed by atoms with Crippen LogP contribution in [0.25, 0.3) is 0 Å². The molecule has 0 saturated heterocycles. The molecule has 0 atom stereocenters. The van der Waals surface area contributed by atoms with Gasteiger partial charge in [-0.15, -0.1) is 0 Å². The first-order valence-electron chi connectivity index (χ1n) is 8.21. The van der Waals surface area contributed by atoms with E-state index in [1.54, 1.807) is 25.3 Å². The van der Waals surface area contributed by atoms with Gasteiger partial charge in [-0.2, -0.15) is 0 Å². The lowest BCUT2D eigenvalue weighted by molar-refractivity contribution is -0.129. The van der Waals surface area contributed by atoms with E-state index in [2.05, 4.69) is 38.8 Å². The highest BCUT2D eigenvalue weighted by atomic mass is 127. The van der Waals surface area contributed by atoms with Gasteiger partial charge in [0.05, 0.1) is 17.2 Å². The summed E-state index contributed by atoms with van der Waals surface area (Å²) in [5.74, 6) is -0.330. The fourth-order valence-corrected chi connectivity index (χ4v) is 3.46. The van der Waals surface area contributed by atoms with Crippen molar-refractivity contribution < 1.29 is 19.1 Å². The van der Waals surface area contributed by atoms with Gasteiger partial charge >= 0.3 is 0 Å². The molecule has 0 unspecified atom stereocenters. The maximum Gasteiger partial charge on any atom is 0.269 e. The largest absolute Gasteiger partial charge is 0.496 e. The van der Waals surface area contributed by atoms with Gasteiger partial charge < -0.3 is 10.1 Å². The number of hydrogen-bond acceptors (Lipinski definition) is 4. The Morgan fingerprint density at radius 3 is 2.52 bits per heavy atom. The summed E-state index contributed by atoms with van der Waals surface area (Å²) in [4.78, 5) is 35.8. The Balaban J connectivity index is 1.74. The van der Waals surface area contributed by atoms with E-state index in [-0.39, 0.29) is 18.4 Å². The number of ether oxygens (including phenoxy) is 1. The Morgan fingerprint density at radius 2 is 1.88 bits per heavy atom. The van der Waals surface area contributed by atoms with Crippen molar-refractivity contribution >= 4 is 40.3 Å². The van der Waals surface area contributed by atoms with E-state index in [9.17, 15) is 14.4 Å². The second-order valence-electron chi connectivity index (χ2n) is 5.90. The van der Waals surface area contributed by atoms with Crippen LogP contribution in [-0.4, -0.2) is 31.4 Å². The zero-order chi connectivity index (χ0) is 18.2. The average Bonchev–Trinajstić information content (AvgIpc) is 2.64. The predicted octanol–water partition coefficient (Wildman–Crippen LogP) is 1.76. The predicted molar refractivity (Wildman–Crippen MR) is 101 cm³/mol. The van der Waals surface area contributed by atoms with Gasteiger partial charge in [0, 0.05) is 11.5 Å². The molecule has 2 rings (SSSR count). The van der Waals surface area contributed by atoms with Crippen molar-refractivity contribution in [2.75, 3.05) is 13.7 Å². The molecule has 1 aromatic rings. The van der Waals surface area contributed by atoms with E-state index in [4.69, 9.17) is 4.74 Å². The molecule has 0 aliphatic heterocycles. The standard InChI is InChI=1S/C17H22IN3O4/c1-25-14-8-7-12(9-13(14)18)17(24)21-20-15(22)10-19-16(23)11-5-3-2-4-6-11/h7-9,11H,2-6,10H2,1H3,(H,19,23)(H,20,22)(H,21,24). The molecule has 25 heavy (non-hydrogen) atoms. The Morgan fingerprint density at radius 1 is 1.16 bits per heavy atom. The lowest BCUT2D eigenvalue weighted by Gasteiger charge is -2.20. The van der Waals surface area contributed by atoms with Crippen molar-refractivity contribution in [1.29, 1.82) is 0 Å². The van der Waals surface area contributed by atoms with Gasteiger partial charge in [0.1, 0.15) is 5.75 Å². The van der Waals surface area contributed by atoms with Crippen molar-refractivity contribution in [3.8, 4) is 5.75 Å². The number of benzene rings is 1. The SMILES string of the molecule is COc1ccc(C(=O)NNC(=O)CNC(=O)C2CCCCC2)cc1I. The van der Waals surface area contributed by atoms with E-state index in [0.29, 0.717) is 11.3 Å². The Labute approximate surface area is 160 Å². The molecule has 0 aromatic heterocycles. The van der Waals surface area contributed by atoms with Crippen molar-refractivity contribution in [3.63, 3.8) is 0 Å². The topological polar surface area (TPSA) is 96.5 Å². The number of carbonyl (C=O) groups is 3. The monoisotopic (exact) mass is 459 g/mol. The van der Waals surface area contributed by atoms with Crippen LogP contribution in [0.1, 0.15) is 42.5 Å². The Bertz CT molecular complexity index is 645. The Kier molecular flexibility index (Phi) is 7.48. The maximum atomic E-state index is 12.0. The number of halogens is 1. The van der Waals surface area contributed by atoms with Gasteiger partial charge in [0.25, 0.3) is 11.8 Å². The van der Waals surface area contributed by atoms with Crippen molar-refractivity contribution in [2.45, 2.75) is 32.1 Å². The molecule has 0 bridgehead atoms. The van der Waals surface area contributed by atoms with Gasteiger partial charge in [0.15, 0.2) is 0 Å². The molecule has 1 fully saturated rings. The molecule has 3 N–H and O–H groups in total. The van der Waals surface area contributed by atoms with Gasteiger partial charge in [-0.25, -0.2) is 0 Å². The van der Waals surface area contributed by atoms with Crippen LogP contribution in [0.4, 0.5) is 0 Å². The smallest absolute Gasteiger partial charge is 0.269 e. The zero-order valence-corrected chi connectivity index (χ0v) is 16.2. The lowest BCUT2D eigenvalue weighted by atomic mass is 9.89. The Hall–Kier alpha value is -1.84. The minimum Gasteiger partial charge on any atom is -0.496 e. The number of methoxy groups -OCH3 is 1. The fraction of sp³-hybridized carbons (Fsp3) is 0.471. The van der Waals surface area contributed by atoms with Gasteiger partial charge in [-0.3, -0.25) is 25.2 Å². The number of hydrazine groups is 1. The molecule has 0 heterocycles. The van der Waals surface area contributed by atoms with Crippen LogP contribution in [-0.2, 0) is 9.59 Å². The van der Waals surface area contributed by atoms with Gasteiger partial charge in [-0.05, 0) is 53.6 Å². The summed E-state index contributed by atoms with van der Waals surface area (Å²) in [5.41, 5.74) is 5.03. The molecule has 3 amide bonds. The first-order chi connectivity index (χ1) is 12.0. The van der Waals surface area contributed by atoms with Crippen LogP contribution in [0.5, 0.6) is 5.75 Å². The van der Waals surface area contributed by atoms with Gasteiger partial charge in [-0.1, -0.05) is 19.3 Å². The third kappa shape index (κ3) is 5.87. The number of amides is 3. The highest BCUT2D eigenvalue weighted by Crippen LogP contribution is 2.23. The molecular formula is C17H22IN3O4. The number of rotatable bonds is 5. The highest BCUT2D eigenvalue weighted by molar-refractivity contribution is 14.1. The maximum absolute atomic E-state index is 12.0. The van der Waals surface area contributed by atoms with Crippen molar-refractivity contribution in [3.05, 3.63) is 27.3 Å². The summed E-state index contributed by atoms with van der Waals surface area (Å²) in [6.45, 7) is -0.157. The van der Waals surface area contributed by atoms with Crippen molar-refractivity contribution in [1.82, 2.24) is 16.2 Å². The molecule has 1 saturated carbocycles. The van der Waals surface area contributed by atoms with E-state index in [0.717, 1.165) is 29.3 Å². The summed E-state index contributed by atoms with van der Waals surface area (Å²) >= 11 is 2.06. The normalized spacial score (nSPS) is 14.5. The first-order valence-corrected chi connectivity index (χ1v) is 9.29. The zero-order valence-electron chi connectivity index (χ0n) is 14.1. The summed E-state index contributed by atoms with van der Waals surface area (Å²) in [7, 11) is 1.55. The van der Waals surface area contributed by atoms with E-state index in [1.807, 2.05) is 0 Å². The average molecular weight is 459 g/mol. The molecule has 0 spiro atoms. The van der Waals surface area contributed by atoms with Crippen LogP contribution in [0.15, 0.2) is 18.2 Å². The molecule has 136 valence electrons.